The normalized spacial score (nSPS) is 18.1. The Kier molecular flexibility index (Phi) is 3.74. The van der Waals surface area contributed by atoms with Crippen molar-refractivity contribution in [2.45, 2.75) is 25.4 Å². The van der Waals surface area contributed by atoms with Crippen LogP contribution in [0.4, 0.5) is 0 Å². The standard InChI is InChI=1S/C10H13N5O4/c16-8-2-1-6(12-8)9(17)11-3-4-15-5-7(10(18)19)13-14-15/h5-6H,1-4H2,(H,11,17)(H,12,16)(H,18,19)/t6-/m0/s1. The van der Waals surface area contributed by atoms with Crippen LogP contribution in [0.2, 0.25) is 0 Å². The van der Waals surface area contributed by atoms with Crippen LogP contribution in [0.1, 0.15) is 23.3 Å². The smallest absolute Gasteiger partial charge is 0.358 e. The molecule has 1 aromatic heterocycles. The number of carbonyl (C=O) groups excluding carboxylic acids is 2. The first-order valence-corrected chi connectivity index (χ1v) is 5.77. The lowest BCUT2D eigenvalue weighted by molar-refractivity contribution is -0.125. The van der Waals surface area contributed by atoms with E-state index in [9.17, 15) is 14.4 Å². The second-order valence-corrected chi connectivity index (χ2v) is 4.12. The molecular formula is C10H13N5O4. The Balaban J connectivity index is 1.75. The third kappa shape index (κ3) is 3.27. The van der Waals surface area contributed by atoms with Crippen molar-refractivity contribution in [3.63, 3.8) is 0 Å². The molecule has 0 saturated carbocycles. The molecule has 0 bridgehead atoms. The number of carbonyl (C=O) groups is 3. The number of rotatable bonds is 5. The summed E-state index contributed by atoms with van der Waals surface area (Å²) in [6, 6.07) is -0.474. The lowest BCUT2D eigenvalue weighted by Gasteiger charge is -2.10. The molecule has 2 amide bonds. The number of nitrogens with one attached hydrogen (secondary N) is 2. The van der Waals surface area contributed by atoms with E-state index in [0.717, 1.165) is 0 Å². The number of nitrogens with zero attached hydrogens (tertiary/aromatic N) is 3. The Bertz CT molecular complexity index is 512. The maximum Gasteiger partial charge on any atom is 0.358 e. The number of amides is 2. The molecule has 1 aromatic rings. The Morgan fingerprint density at radius 2 is 2.37 bits per heavy atom. The second kappa shape index (κ2) is 5.46. The average Bonchev–Trinajstić information content (AvgIpc) is 2.98. The van der Waals surface area contributed by atoms with E-state index in [1.807, 2.05) is 0 Å². The average molecular weight is 267 g/mol. The van der Waals surface area contributed by atoms with E-state index in [1.54, 1.807) is 0 Å². The van der Waals surface area contributed by atoms with Crippen molar-refractivity contribution >= 4 is 17.8 Å². The van der Waals surface area contributed by atoms with Gasteiger partial charge in [-0.25, -0.2) is 9.48 Å². The van der Waals surface area contributed by atoms with Gasteiger partial charge in [0, 0.05) is 13.0 Å². The number of carboxylic acid groups (broad SMARTS) is 1. The molecule has 3 N–H and O–H groups in total. The van der Waals surface area contributed by atoms with Gasteiger partial charge in [0.05, 0.1) is 12.7 Å². The van der Waals surface area contributed by atoms with E-state index >= 15 is 0 Å². The summed E-state index contributed by atoms with van der Waals surface area (Å²) in [7, 11) is 0. The topological polar surface area (TPSA) is 126 Å². The van der Waals surface area contributed by atoms with E-state index in [1.165, 1.54) is 10.9 Å². The van der Waals surface area contributed by atoms with Crippen molar-refractivity contribution in [1.29, 1.82) is 0 Å². The van der Waals surface area contributed by atoms with Crippen molar-refractivity contribution in [1.82, 2.24) is 25.6 Å². The molecule has 0 radical (unpaired) electrons. The summed E-state index contributed by atoms with van der Waals surface area (Å²) < 4.78 is 1.33. The zero-order chi connectivity index (χ0) is 13.8. The predicted molar refractivity (Wildman–Crippen MR) is 61.2 cm³/mol. The first kappa shape index (κ1) is 13.0. The summed E-state index contributed by atoms with van der Waals surface area (Å²) >= 11 is 0. The van der Waals surface area contributed by atoms with E-state index in [4.69, 9.17) is 5.11 Å². The Morgan fingerprint density at radius 1 is 1.58 bits per heavy atom. The van der Waals surface area contributed by atoms with Gasteiger partial charge in [0.15, 0.2) is 5.69 Å². The first-order chi connectivity index (χ1) is 9.06. The molecule has 102 valence electrons. The lowest BCUT2D eigenvalue weighted by atomic mass is 10.2. The van der Waals surface area contributed by atoms with Gasteiger partial charge >= 0.3 is 5.97 Å². The second-order valence-electron chi connectivity index (χ2n) is 4.12. The number of aromatic carboxylic acids is 1. The fraction of sp³-hybridized carbons (Fsp3) is 0.500. The van der Waals surface area contributed by atoms with Gasteiger partial charge in [-0.2, -0.15) is 0 Å². The number of carboxylic acids is 1. The SMILES string of the molecule is O=C1CC[C@@H](C(=O)NCCn2cc(C(=O)O)nn2)N1. The van der Waals surface area contributed by atoms with Crippen LogP contribution in [-0.4, -0.2) is 50.5 Å². The fourth-order valence-electron chi connectivity index (χ4n) is 1.73. The van der Waals surface area contributed by atoms with Crippen molar-refractivity contribution in [2.24, 2.45) is 0 Å². The van der Waals surface area contributed by atoms with E-state index in [0.29, 0.717) is 19.4 Å². The Labute approximate surface area is 108 Å². The lowest BCUT2D eigenvalue weighted by Crippen LogP contribution is -2.42. The van der Waals surface area contributed by atoms with Gasteiger partial charge in [0.25, 0.3) is 0 Å². The monoisotopic (exact) mass is 267 g/mol. The first-order valence-electron chi connectivity index (χ1n) is 5.77. The van der Waals surface area contributed by atoms with Crippen LogP contribution in [0.5, 0.6) is 0 Å². The molecule has 0 spiro atoms. The minimum Gasteiger partial charge on any atom is -0.476 e. The Hall–Kier alpha value is -2.45. The molecule has 1 fully saturated rings. The van der Waals surface area contributed by atoms with Crippen molar-refractivity contribution < 1.29 is 19.5 Å². The molecule has 1 aliphatic rings. The summed E-state index contributed by atoms with van der Waals surface area (Å²) in [6.07, 6.45) is 2.14. The number of hydrogen-bond acceptors (Lipinski definition) is 5. The molecule has 0 unspecified atom stereocenters. The van der Waals surface area contributed by atoms with Gasteiger partial charge < -0.3 is 15.7 Å². The highest BCUT2D eigenvalue weighted by Gasteiger charge is 2.26. The van der Waals surface area contributed by atoms with Gasteiger partial charge in [-0.05, 0) is 6.42 Å². The molecule has 1 atom stereocenters. The molecule has 2 heterocycles. The maximum absolute atomic E-state index is 11.6. The summed E-state index contributed by atoms with van der Waals surface area (Å²) in [5.41, 5.74) is -0.144. The van der Waals surface area contributed by atoms with Crippen molar-refractivity contribution in [2.75, 3.05) is 6.54 Å². The van der Waals surface area contributed by atoms with Gasteiger partial charge in [0.1, 0.15) is 6.04 Å². The van der Waals surface area contributed by atoms with E-state index < -0.39 is 12.0 Å². The van der Waals surface area contributed by atoms with Crippen LogP contribution in [0.15, 0.2) is 6.20 Å². The minimum absolute atomic E-state index is 0.123. The zero-order valence-corrected chi connectivity index (χ0v) is 10.00. The van der Waals surface area contributed by atoms with Crippen LogP contribution in [-0.2, 0) is 16.1 Å². The van der Waals surface area contributed by atoms with Crippen LogP contribution >= 0.6 is 0 Å². The van der Waals surface area contributed by atoms with Gasteiger partial charge in [-0.15, -0.1) is 5.10 Å². The fourth-order valence-corrected chi connectivity index (χ4v) is 1.73. The summed E-state index contributed by atoms with van der Waals surface area (Å²) in [5.74, 6) is -1.52. The van der Waals surface area contributed by atoms with Gasteiger partial charge in [-0.1, -0.05) is 5.21 Å². The van der Waals surface area contributed by atoms with E-state index in [2.05, 4.69) is 20.9 Å². The number of hydrogen-bond donors (Lipinski definition) is 3. The largest absolute Gasteiger partial charge is 0.476 e. The predicted octanol–water partition coefficient (Wildman–Crippen LogP) is -1.63. The van der Waals surface area contributed by atoms with Crippen LogP contribution < -0.4 is 10.6 Å². The minimum atomic E-state index is -1.15. The highest BCUT2D eigenvalue weighted by atomic mass is 16.4. The molecule has 0 aromatic carbocycles. The summed E-state index contributed by atoms with van der Waals surface area (Å²) in [4.78, 5) is 33.2. The highest BCUT2D eigenvalue weighted by molar-refractivity contribution is 5.90. The van der Waals surface area contributed by atoms with Crippen molar-refractivity contribution in [3.8, 4) is 0 Å². The van der Waals surface area contributed by atoms with E-state index in [-0.39, 0.29) is 24.1 Å². The molecular weight excluding hydrogens is 254 g/mol. The van der Waals surface area contributed by atoms with Gasteiger partial charge in [0.2, 0.25) is 11.8 Å². The molecule has 0 aliphatic carbocycles. The Morgan fingerprint density at radius 3 is 2.95 bits per heavy atom. The molecule has 9 nitrogen and oxygen atoms in total. The van der Waals surface area contributed by atoms with Crippen molar-refractivity contribution in [3.05, 3.63) is 11.9 Å². The van der Waals surface area contributed by atoms with Crippen LogP contribution in [0, 0.1) is 0 Å². The summed E-state index contributed by atoms with van der Waals surface area (Å²) in [5, 5.41) is 20.9. The van der Waals surface area contributed by atoms with Crippen LogP contribution in [0.25, 0.3) is 0 Å². The molecule has 9 heteroatoms. The molecule has 19 heavy (non-hydrogen) atoms. The summed E-state index contributed by atoms with van der Waals surface area (Å²) in [6.45, 7) is 0.598. The highest BCUT2D eigenvalue weighted by Crippen LogP contribution is 2.05. The van der Waals surface area contributed by atoms with Gasteiger partial charge in [-0.3, -0.25) is 9.59 Å². The molecule has 2 rings (SSSR count). The maximum atomic E-state index is 11.6. The molecule has 1 saturated heterocycles. The third-order valence-electron chi connectivity index (χ3n) is 2.71. The third-order valence-corrected chi connectivity index (χ3v) is 2.71. The zero-order valence-electron chi connectivity index (χ0n) is 10.00. The quantitative estimate of drug-likeness (QED) is 0.588. The number of aromatic nitrogens is 3. The van der Waals surface area contributed by atoms with Crippen LogP contribution in [0.3, 0.4) is 0 Å². The molecule has 1 aliphatic heterocycles.